The molecule has 0 saturated heterocycles. The fraction of sp³-hybridized carbons (Fsp3) is 0.500. The number of fused-ring (bicyclic) bond motifs is 1. The normalized spacial score (nSPS) is 17.8. The minimum Gasteiger partial charge on any atom is -0.362 e. The molecular weight excluding hydrogens is 300 g/mol. The van der Waals surface area contributed by atoms with Gasteiger partial charge in [-0.2, -0.15) is 4.98 Å². The second-order valence-corrected chi connectivity index (χ2v) is 6.40. The summed E-state index contributed by atoms with van der Waals surface area (Å²) < 4.78 is 5.35. The topological polar surface area (TPSA) is 68.2 Å². The van der Waals surface area contributed by atoms with Gasteiger partial charge < -0.3 is 15.2 Å². The Hall–Kier alpha value is -1.59. The van der Waals surface area contributed by atoms with E-state index in [9.17, 15) is 0 Å². The Balaban J connectivity index is 0.00000176. The van der Waals surface area contributed by atoms with Crippen LogP contribution in [0.15, 0.2) is 28.8 Å². The molecule has 0 bridgehead atoms. The number of hydrogen-bond donors (Lipinski definition) is 1. The molecule has 0 saturated carbocycles. The van der Waals surface area contributed by atoms with Crippen molar-refractivity contribution in [3.05, 3.63) is 41.5 Å². The quantitative estimate of drug-likeness (QED) is 0.939. The van der Waals surface area contributed by atoms with E-state index in [0.717, 1.165) is 13.0 Å². The van der Waals surface area contributed by atoms with E-state index in [2.05, 4.69) is 46.2 Å². The van der Waals surface area contributed by atoms with Gasteiger partial charge in [0.15, 0.2) is 5.82 Å². The zero-order chi connectivity index (χ0) is 15.0. The second-order valence-electron chi connectivity index (χ2n) is 6.40. The van der Waals surface area contributed by atoms with Crippen molar-refractivity contribution in [1.29, 1.82) is 0 Å². The largest absolute Gasteiger partial charge is 0.362 e. The van der Waals surface area contributed by atoms with Crippen molar-refractivity contribution in [2.75, 3.05) is 11.4 Å². The van der Waals surface area contributed by atoms with E-state index in [-0.39, 0.29) is 12.4 Å². The lowest BCUT2D eigenvalue weighted by Gasteiger charge is -2.33. The predicted molar refractivity (Wildman–Crippen MR) is 89.3 cm³/mol. The summed E-state index contributed by atoms with van der Waals surface area (Å²) in [5.74, 6) is 1.77. The van der Waals surface area contributed by atoms with Crippen LogP contribution in [-0.4, -0.2) is 16.7 Å². The van der Waals surface area contributed by atoms with Crippen LogP contribution in [-0.2, 0) is 12.1 Å². The summed E-state index contributed by atoms with van der Waals surface area (Å²) in [5.41, 5.74) is 8.08. The average Bonchev–Trinajstić information content (AvgIpc) is 2.91. The third-order valence-corrected chi connectivity index (χ3v) is 4.01. The van der Waals surface area contributed by atoms with Gasteiger partial charge in [0.25, 0.3) is 0 Å². The lowest BCUT2D eigenvalue weighted by atomic mass is 9.91. The first-order chi connectivity index (χ1) is 9.95. The summed E-state index contributed by atoms with van der Waals surface area (Å²) in [6, 6.07) is 8.54. The van der Waals surface area contributed by atoms with Gasteiger partial charge in [-0.15, -0.1) is 12.4 Å². The smallest absolute Gasteiger partial charge is 0.246 e. The van der Waals surface area contributed by atoms with Crippen molar-refractivity contribution >= 4 is 18.1 Å². The molecule has 120 valence electrons. The lowest BCUT2D eigenvalue weighted by molar-refractivity contribution is 0.357. The number of anilines is 1. The van der Waals surface area contributed by atoms with E-state index in [4.69, 9.17) is 10.3 Å². The van der Waals surface area contributed by atoms with Crippen molar-refractivity contribution in [2.45, 2.75) is 45.2 Å². The maximum absolute atomic E-state index is 6.00. The van der Waals surface area contributed by atoms with Gasteiger partial charge in [0.1, 0.15) is 0 Å². The number of hydrogen-bond acceptors (Lipinski definition) is 5. The summed E-state index contributed by atoms with van der Waals surface area (Å²) in [5, 5.41) is 3.99. The molecule has 2 N–H and O–H groups in total. The molecule has 2 aromatic rings. The number of aromatic nitrogens is 2. The molecule has 0 aliphatic carbocycles. The summed E-state index contributed by atoms with van der Waals surface area (Å²) in [4.78, 5) is 6.72. The standard InChI is InChI=1S/C16H22N4O.ClH/c1-11-8-9-20(13-7-5-4-6-12(11)13)10-14-18-15(19-21-14)16(2,3)17;/h4-7,11H,8-10,17H2,1-3H3;1H. The molecule has 1 aliphatic rings. The van der Waals surface area contributed by atoms with Crippen molar-refractivity contribution in [1.82, 2.24) is 10.1 Å². The first-order valence-electron chi connectivity index (χ1n) is 7.41. The van der Waals surface area contributed by atoms with Crippen molar-refractivity contribution in [3.63, 3.8) is 0 Å². The number of benzene rings is 1. The molecule has 5 nitrogen and oxygen atoms in total. The fourth-order valence-electron chi connectivity index (χ4n) is 2.73. The van der Waals surface area contributed by atoms with E-state index in [1.54, 1.807) is 0 Å². The minimum absolute atomic E-state index is 0. The zero-order valence-corrected chi connectivity index (χ0v) is 14.1. The third kappa shape index (κ3) is 3.25. The Labute approximate surface area is 137 Å². The number of rotatable bonds is 3. The van der Waals surface area contributed by atoms with Crippen LogP contribution in [0.5, 0.6) is 0 Å². The van der Waals surface area contributed by atoms with Gasteiger partial charge in [0.2, 0.25) is 5.89 Å². The molecule has 0 spiro atoms. The molecule has 0 amide bonds. The van der Waals surface area contributed by atoms with Crippen LogP contribution in [0.2, 0.25) is 0 Å². The maximum Gasteiger partial charge on any atom is 0.246 e. The van der Waals surface area contributed by atoms with Crippen molar-refractivity contribution in [3.8, 4) is 0 Å². The lowest BCUT2D eigenvalue weighted by Crippen LogP contribution is -2.31. The Morgan fingerprint density at radius 1 is 1.36 bits per heavy atom. The van der Waals surface area contributed by atoms with Crippen LogP contribution in [0.25, 0.3) is 0 Å². The van der Waals surface area contributed by atoms with E-state index in [0.29, 0.717) is 24.2 Å². The highest BCUT2D eigenvalue weighted by Gasteiger charge is 2.25. The number of nitrogens with two attached hydrogens (primary N) is 1. The van der Waals surface area contributed by atoms with Crippen molar-refractivity contribution in [2.24, 2.45) is 5.73 Å². The minimum atomic E-state index is -0.573. The van der Waals surface area contributed by atoms with Crippen LogP contribution in [0.1, 0.15) is 50.4 Å². The summed E-state index contributed by atoms with van der Waals surface area (Å²) >= 11 is 0. The summed E-state index contributed by atoms with van der Waals surface area (Å²) in [6.45, 7) is 7.66. The number of halogens is 1. The molecule has 1 aromatic carbocycles. The first-order valence-corrected chi connectivity index (χ1v) is 7.41. The monoisotopic (exact) mass is 322 g/mol. The Bertz CT molecular complexity index is 635. The van der Waals surface area contributed by atoms with E-state index in [1.165, 1.54) is 11.3 Å². The molecule has 3 rings (SSSR count). The predicted octanol–water partition coefficient (Wildman–Crippen LogP) is 3.20. The molecule has 1 unspecified atom stereocenters. The van der Waals surface area contributed by atoms with Gasteiger partial charge >= 0.3 is 0 Å². The maximum atomic E-state index is 6.00. The highest BCUT2D eigenvalue weighted by Crippen LogP contribution is 2.35. The molecule has 6 heteroatoms. The number of nitrogens with zero attached hydrogens (tertiary/aromatic N) is 3. The molecule has 2 heterocycles. The summed E-state index contributed by atoms with van der Waals surface area (Å²) in [6.07, 6.45) is 1.14. The van der Waals surface area contributed by atoms with Crippen LogP contribution >= 0.6 is 12.4 Å². The van der Waals surface area contributed by atoms with Gasteiger partial charge in [0.05, 0.1) is 12.1 Å². The Kier molecular flexibility index (Phi) is 4.78. The van der Waals surface area contributed by atoms with Gasteiger partial charge in [-0.05, 0) is 37.8 Å². The van der Waals surface area contributed by atoms with Gasteiger partial charge in [-0.3, -0.25) is 0 Å². The Morgan fingerprint density at radius 3 is 2.77 bits per heavy atom. The highest BCUT2D eigenvalue weighted by atomic mass is 35.5. The van der Waals surface area contributed by atoms with Crippen LogP contribution in [0, 0.1) is 0 Å². The molecule has 1 atom stereocenters. The SMILES string of the molecule is CC1CCN(Cc2nc(C(C)(C)N)no2)c2ccccc21.Cl. The van der Waals surface area contributed by atoms with Crippen molar-refractivity contribution < 1.29 is 4.52 Å². The molecule has 22 heavy (non-hydrogen) atoms. The molecule has 0 fully saturated rings. The van der Waals surface area contributed by atoms with E-state index >= 15 is 0 Å². The summed E-state index contributed by atoms with van der Waals surface area (Å²) in [7, 11) is 0. The van der Waals surface area contributed by atoms with E-state index in [1.807, 2.05) is 13.8 Å². The second kappa shape index (κ2) is 6.26. The fourth-order valence-corrected chi connectivity index (χ4v) is 2.73. The highest BCUT2D eigenvalue weighted by molar-refractivity contribution is 5.85. The zero-order valence-electron chi connectivity index (χ0n) is 13.2. The van der Waals surface area contributed by atoms with Gasteiger partial charge in [-0.1, -0.05) is 30.3 Å². The average molecular weight is 323 g/mol. The molecular formula is C16H23ClN4O. The third-order valence-electron chi connectivity index (χ3n) is 4.01. The first kappa shape index (κ1) is 16.8. The van der Waals surface area contributed by atoms with Crippen LogP contribution < -0.4 is 10.6 Å². The molecule has 1 aromatic heterocycles. The molecule has 0 radical (unpaired) electrons. The van der Waals surface area contributed by atoms with Gasteiger partial charge in [0, 0.05) is 12.2 Å². The molecule has 1 aliphatic heterocycles. The number of para-hydroxylation sites is 1. The Morgan fingerprint density at radius 2 is 2.09 bits per heavy atom. The van der Waals surface area contributed by atoms with Gasteiger partial charge in [-0.25, -0.2) is 0 Å². The van der Waals surface area contributed by atoms with Crippen LogP contribution in [0.3, 0.4) is 0 Å². The van der Waals surface area contributed by atoms with Crippen LogP contribution in [0.4, 0.5) is 5.69 Å². The van der Waals surface area contributed by atoms with E-state index < -0.39 is 5.54 Å².